The molecule has 0 spiro atoms. The summed E-state index contributed by atoms with van der Waals surface area (Å²) in [6.07, 6.45) is 2.36. The zero-order valence-electron chi connectivity index (χ0n) is 12.5. The molecule has 0 saturated heterocycles. The lowest BCUT2D eigenvalue weighted by Crippen LogP contribution is -2.32. The van der Waals surface area contributed by atoms with Crippen molar-refractivity contribution in [2.75, 3.05) is 24.5 Å². The molecular weight excluding hydrogens is 240 g/mol. The second-order valence-corrected chi connectivity index (χ2v) is 4.94. The van der Waals surface area contributed by atoms with Gasteiger partial charge in [-0.15, -0.1) is 0 Å². The van der Waals surface area contributed by atoms with Crippen LogP contribution in [0.3, 0.4) is 0 Å². The SMILES string of the molecule is CCCCN(CCN)c1nc(C)cc(OC(C)C)n1. The third-order valence-corrected chi connectivity index (χ3v) is 2.64. The first kappa shape index (κ1) is 15.7. The first-order valence-electron chi connectivity index (χ1n) is 7.04. The minimum atomic E-state index is 0.112. The lowest BCUT2D eigenvalue weighted by molar-refractivity contribution is 0.232. The Labute approximate surface area is 116 Å². The molecule has 1 heterocycles. The van der Waals surface area contributed by atoms with Gasteiger partial charge in [0.05, 0.1) is 6.10 Å². The van der Waals surface area contributed by atoms with Crippen LogP contribution in [0, 0.1) is 6.92 Å². The van der Waals surface area contributed by atoms with E-state index in [2.05, 4.69) is 21.8 Å². The highest BCUT2D eigenvalue weighted by Crippen LogP contribution is 2.17. The van der Waals surface area contributed by atoms with Gasteiger partial charge in [0.1, 0.15) is 0 Å². The molecule has 1 aromatic heterocycles. The smallest absolute Gasteiger partial charge is 0.228 e. The quantitative estimate of drug-likeness (QED) is 0.781. The van der Waals surface area contributed by atoms with Crippen molar-refractivity contribution in [1.82, 2.24) is 9.97 Å². The Morgan fingerprint density at radius 1 is 1.32 bits per heavy atom. The Kier molecular flexibility index (Phi) is 6.56. The van der Waals surface area contributed by atoms with Crippen molar-refractivity contribution >= 4 is 5.95 Å². The molecule has 19 heavy (non-hydrogen) atoms. The summed E-state index contributed by atoms with van der Waals surface area (Å²) in [5.74, 6) is 1.35. The second-order valence-electron chi connectivity index (χ2n) is 4.94. The van der Waals surface area contributed by atoms with Gasteiger partial charge in [0.2, 0.25) is 11.8 Å². The Morgan fingerprint density at radius 2 is 2.05 bits per heavy atom. The molecule has 0 atom stereocenters. The van der Waals surface area contributed by atoms with E-state index in [1.165, 1.54) is 0 Å². The van der Waals surface area contributed by atoms with Crippen LogP contribution in [0.4, 0.5) is 5.95 Å². The maximum atomic E-state index is 5.67. The van der Waals surface area contributed by atoms with Crippen LogP contribution in [-0.2, 0) is 0 Å². The van der Waals surface area contributed by atoms with Crippen molar-refractivity contribution in [1.29, 1.82) is 0 Å². The van der Waals surface area contributed by atoms with Crippen LogP contribution < -0.4 is 15.4 Å². The van der Waals surface area contributed by atoms with Gasteiger partial charge < -0.3 is 15.4 Å². The Morgan fingerprint density at radius 3 is 2.63 bits per heavy atom. The summed E-state index contributed by atoms with van der Waals surface area (Å²) in [6.45, 7) is 10.4. The molecule has 5 heteroatoms. The number of ether oxygens (including phenoxy) is 1. The van der Waals surface area contributed by atoms with Crippen molar-refractivity contribution in [2.24, 2.45) is 5.73 Å². The van der Waals surface area contributed by atoms with Crippen molar-refractivity contribution < 1.29 is 4.74 Å². The number of aryl methyl sites for hydroxylation is 1. The van der Waals surface area contributed by atoms with Crippen LogP contribution in [0.25, 0.3) is 0 Å². The van der Waals surface area contributed by atoms with E-state index in [-0.39, 0.29) is 6.10 Å². The molecule has 0 aliphatic carbocycles. The van der Waals surface area contributed by atoms with Crippen LogP contribution in [0.5, 0.6) is 5.88 Å². The molecule has 0 unspecified atom stereocenters. The van der Waals surface area contributed by atoms with Gasteiger partial charge in [0, 0.05) is 31.4 Å². The Hall–Kier alpha value is -1.36. The van der Waals surface area contributed by atoms with Crippen LogP contribution in [0.1, 0.15) is 39.3 Å². The van der Waals surface area contributed by atoms with Gasteiger partial charge in [0.15, 0.2) is 0 Å². The number of aromatic nitrogens is 2. The molecule has 0 fully saturated rings. The summed E-state index contributed by atoms with van der Waals surface area (Å²) >= 11 is 0. The molecule has 1 rings (SSSR count). The summed E-state index contributed by atoms with van der Waals surface area (Å²) in [6, 6.07) is 1.87. The number of anilines is 1. The van der Waals surface area contributed by atoms with Crippen LogP contribution >= 0.6 is 0 Å². The third kappa shape index (κ3) is 5.42. The van der Waals surface area contributed by atoms with Gasteiger partial charge in [-0.1, -0.05) is 13.3 Å². The number of unbranched alkanes of at least 4 members (excludes halogenated alkanes) is 1. The van der Waals surface area contributed by atoms with Crippen molar-refractivity contribution in [2.45, 2.75) is 46.6 Å². The average Bonchev–Trinajstić information content (AvgIpc) is 2.32. The average molecular weight is 266 g/mol. The summed E-state index contributed by atoms with van der Waals surface area (Å²) < 4.78 is 5.66. The zero-order valence-corrected chi connectivity index (χ0v) is 12.5. The van der Waals surface area contributed by atoms with Crippen LogP contribution in [0.2, 0.25) is 0 Å². The molecule has 1 aromatic rings. The number of rotatable bonds is 8. The van der Waals surface area contributed by atoms with E-state index in [1.807, 2.05) is 26.8 Å². The molecule has 0 bridgehead atoms. The number of nitrogens with zero attached hydrogens (tertiary/aromatic N) is 3. The predicted octanol–water partition coefficient (Wildman–Crippen LogP) is 2.14. The van der Waals surface area contributed by atoms with E-state index in [0.29, 0.717) is 12.4 Å². The molecule has 0 aromatic carbocycles. The molecule has 108 valence electrons. The largest absolute Gasteiger partial charge is 0.475 e. The van der Waals surface area contributed by atoms with Gasteiger partial charge in [-0.25, -0.2) is 4.98 Å². The molecular formula is C14H26N4O. The highest BCUT2D eigenvalue weighted by molar-refractivity contribution is 5.34. The molecule has 0 saturated carbocycles. The van der Waals surface area contributed by atoms with E-state index >= 15 is 0 Å². The minimum absolute atomic E-state index is 0.112. The van der Waals surface area contributed by atoms with Gasteiger partial charge in [-0.2, -0.15) is 4.98 Å². The van der Waals surface area contributed by atoms with Crippen molar-refractivity contribution in [3.05, 3.63) is 11.8 Å². The summed E-state index contributed by atoms with van der Waals surface area (Å²) in [7, 11) is 0. The normalized spacial score (nSPS) is 10.8. The lowest BCUT2D eigenvalue weighted by Gasteiger charge is -2.22. The molecule has 0 radical (unpaired) electrons. The fourth-order valence-electron chi connectivity index (χ4n) is 1.78. The molecule has 0 amide bonds. The maximum absolute atomic E-state index is 5.67. The highest BCUT2D eigenvalue weighted by Gasteiger charge is 2.11. The summed E-state index contributed by atoms with van der Waals surface area (Å²) in [5.41, 5.74) is 6.58. The standard InChI is InChI=1S/C14H26N4O/c1-5-6-8-18(9-7-15)14-16-12(4)10-13(17-14)19-11(2)3/h10-11H,5-9,15H2,1-4H3. The second kappa shape index (κ2) is 7.94. The predicted molar refractivity (Wildman–Crippen MR) is 78.7 cm³/mol. The Balaban J connectivity index is 2.90. The third-order valence-electron chi connectivity index (χ3n) is 2.64. The Bertz CT molecular complexity index is 382. The fraction of sp³-hybridized carbons (Fsp3) is 0.714. The first-order valence-corrected chi connectivity index (χ1v) is 7.04. The number of hydrogen-bond donors (Lipinski definition) is 1. The number of nitrogens with two attached hydrogens (primary N) is 1. The summed E-state index contributed by atoms with van der Waals surface area (Å²) in [4.78, 5) is 11.1. The highest BCUT2D eigenvalue weighted by atomic mass is 16.5. The van der Waals surface area contributed by atoms with E-state index < -0.39 is 0 Å². The fourth-order valence-corrected chi connectivity index (χ4v) is 1.78. The van der Waals surface area contributed by atoms with Crippen molar-refractivity contribution in [3.63, 3.8) is 0 Å². The first-order chi connectivity index (χ1) is 9.06. The van der Waals surface area contributed by atoms with E-state index in [0.717, 1.165) is 37.6 Å². The van der Waals surface area contributed by atoms with E-state index in [4.69, 9.17) is 10.5 Å². The monoisotopic (exact) mass is 266 g/mol. The topological polar surface area (TPSA) is 64.3 Å². The molecule has 2 N–H and O–H groups in total. The molecule has 0 aliphatic rings. The van der Waals surface area contributed by atoms with Gasteiger partial charge in [0.25, 0.3) is 0 Å². The van der Waals surface area contributed by atoms with E-state index in [1.54, 1.807) is 0 Å². The van der Waals surface area contributed by atoms with Gasteiger partial charge in [-0.05, 0) is 27.2 Å². The number of hydrogen-bond acceptors (Lipinski definition) is 5. The minimum Gasteiger partial charge on any atom is -0.475 e. The van der Waals surface area contributed by atoms with Crippen LogP contribution in [0.15, 0.2) is 6.07 Å². The van der Waals surface area contributed by atoms with Crippen LogP contribution in [-0.4, -0.2) is 35.7 Å². The molecule has 0 aliphatic heterocycles. The maximum Gasteiger partial charge on any atom is 0.228 e. The lowest BCUT2D eigenvalue weighted by atomic mass is 10.3. The van der Waals surface area contributed by atoms with Gasteiger partial charge >= 0.3 is 0 Å². The van der Waals surface area contributed by atoms with Crippen molar-refractivity contribution in [3.8, 4) is 5.88 Å². The summed E-state index contributed by atoms with van der Waals surface area (Å²) in [5, 5.41) is 0. The molecule has 5 nitrogen and oxygen atoms in total. The van der Waals surface area contributed by atoms with Gasteiger partial charge in [-0.3, -0.25) is 0 Å². The van der Waals surface area contributed by atoms with E-state index in [9.17, 15) is 0 Å². The zero-order chi connectivity index (χ0) is 14.3.